The molecule has 1 fully saturated rings. The molecule has 0 amide bonds. The molecule has 1 saturated heterocycles. The number of hydrogen-bond acceptors (Lipinski definition) is 2. The van der Waals surface area contributed by atoms with Gasteiger partial charge in [0.2, 0.25) is 0 Å². The van der Waals surface area contributed by atoms with Crippen LogP contribution in [0, 0.1) is 0 Å². The van der Waals surface area contributed by atoms with Crippen molar-refractivity contribution in [1.29, 1.82) is 0 Å². The molecule has 2 heterocycles. The fraction of sp³-hybridized carbons (Fsp3) is 0.688. The maximum Gasteiger partial charge on any atom is 0.191 e. The van der Waals surface area contributed by atoms with Gasteiger partial charge in [0.15, 0.2) is 5.96 Å². The lowest BCUT2D eigenvalue weighted by molar-refractivity contribution is 0.289. The largest absolute Gasteiger partial charge is 0.355 e. The number of guanidine groups is 1. The van der Waals surface area contributed by atoms with E-state index < -0.39 is 0 Å². The molecule has 0 radical (unpaired) electrons. The topological polar surface area (TPSA) is 44.6 Å². The number of halogens is 1. The summed E-state index contributed by atoms with van der Waals surface area (Å²) >= 11 is 0. The standard InChI is InChI=1S/C16H29N5.HI/c1-17-16(19-9-15-21-12-6-7-13-21)18-8-14-20-10-4-2-3-5-11-20;/h6-7,12-13H,2-5,8-11,14-15H2,1H3,(H2,17,18,19);1H. The van der Waals surface area contributed by atoms with Gasteiger partial charge >= 0.3 is 0 Å². The van der Waals surface area contributed by atoms with E-state index >= 15 is 0 Å². The Balaban J connectivity index is 0.00000242. The number of aromatic nitrogens is 1. The number of nitrogens with zero attached hydrogens (tertiary/aromatic N) is 3. The van der Waals surface area contributed by atoms with E-state index in [9.17, 15) is 0 Å². The summed E-state index contributed by atoms with van der Waals surface area (Å²) in [7, 11) is 1.83. The average Bonchev–Trinajstić information content (AvgIpc) is 2.88. The molecule has 6 heteroatoms. The maximum atomic E-state index is 4.27. The van der Waals surface area contributed by atoms with Crippen LogP contribution in [0.4, 0.5) is 0 Å². The average molecular weight is 419 g/mol. The van der Waals surface area contributed by atoms with Gasteiger partial charge in [-0.3, -0.25) is 4.99 Å². The molecule has 0 aliphatic carbocycles. The van der Waals surface area contributed by atoms with Gasteiger partial charge in [-0.15, -0.1) is 24.0 Å². The summed E-state index contributed by atoms with van der Waals surface area (Å²) in [4.78, 5) is 6.84. The van der Waals surface area contributed by atoms with E-state index in [0.29, 0.717) is 0 Å². The lowest BCUT2D eigenvalue weighted by Crippen LogP contribution is -2.42. The molecular weight excluding hydrogens is 389 g/mol. The molecule has 5 nitrogen and oxygen atoms in total. The van der Waals surface area contributed by atoms with Gasteiger partial charge in [-0.2, -0.15) is 0 Å². The van der Waals surface area contributed by atoms with Gasteiger partial charge < -0.3 is 20.1 Å². The number of aliphatic imine (C=N–C) groups is 1. The highest BCUT2D eigenvalue weighted by Gasteiger charge is 2.08. The van der Waals surface area contributed by atoms with Crippen molar-refractivity contribution in [3.63, 3.8) is 0 Å². The summed E-state index contributed by atoms with van der Waals surface area (Å²) in [6.45, 7) is 6.42. The van der Waals surface area contributed by atoms with Crippen molar-refractivity contribution in [2.45, 2.75) is 32.2 Å². The van der Waals surface area contributed by atoms with Gasteiger partial charge in [-0.25, -0.2) is 0 Å². The molecule has 1 aliphatic heterocycles. The van der Waals surface area contributed by atoms with Crippen molar-refractivity contribution >= 4 is 29.9 Å². The molecule has 0 aromatic carbocycles. The molecule has 0 spiro atoms. The summed E-state index contributed by atoms with van der Waals surface area (Å²) in [5.41, 5.74) is 0. The Kier molecular flexibility index (Phi) is 10.3. The first kappa shape index (κ1) is 19.3. The summed E-state index contributed by atoms with van der Waals surface area (Å²) in [6.07, 6.45) is 9.65. The Bertz CT molecular complexity index is 397. The summed E-state index contributed by atoms with van der Waals surface area (Å²) in [5.74, 6) is 0.900. The highest BCUT2D eigenvalue weighted by atomic mass is 127. The lowest BCUT2D eigenvalue weighted by atomic mass is 10.2. The second kappa shape index (κ2) is 11.8. The fourth-order valence-corrected chi connectivity index (χ4v) is 2.74. The molecule has 1 aliphatic rings. The molecule has 1 aromatic rings. The van der Waals surface area contributed by atoms with E-state index in [1.807, 2.05) is 19.2 Å². The predicted octanol–water partition coefficient (Wildman–Crippen LogP) is 2.15. The van der Waals surface area contributed by atoms with E-state index in [0.717, 1.165) is 32.1 Å². The van der Waals surface area contributed by atoms with Crippen LogP contribution in [-0.4, -0.2) is 55.2 Å². The highest BCUT2D eigenvalue weighted by molar-refractivity contribution is 14.0. The summed E-state index contributed by atoms with van der Waals surface area (Å²) in [5, 5.41) is 6.76. The number of nitrogens with one attached hydrogen (secondary N) is 2. The first-order valence-corrected chi connectivity index (χ1v) is 8.16. The van der Waals surface area contributed by atoms with E-state index in [-0.39, 0.29) is 24.0 Å². The van der Waals surface area contributed by atoms with Crippen molar-refractivity contribution in [2.24, 2.45) is 4.99 Å². The fourth-order valence-electron chi connectivity index (χ4n) is 2.74. The molecule has 22 heavy (non-hydrogen) atoms. The molecule has 0 atom stereocenters. The third-order valence-corrected chi connectivity index (χ3v) is 3.97. The second-order valence-corrected chi connectivity index (χ2v) is 5.60. The number of rotatable bonds is 6. The van der Waals surface area contributed by atoms with Crippen LogP contribution in [0.5, 0.6) is 0 Å². The minimum Gasteiger partial charge on any atom is -0.355 e. The van der Waals surface area contributed by atoms with Gasteiger partial charge in [0, 0.05) is 45.6 Å². The highest BCUT2D eigenvalue weighted by Crippen LogP contribution is 2.08. The zero-order valence-electron chi connectivity index (χ0n) is 13.6. The van der Waals surface area contributed by atoms with Gasteiger partial charge in [-0.1, -0.05) is 12.8 Å². The number of hydrogen-bond donors (Lipinski definition) is 2. The summed E-state index contributed by atoms with van der Waals surface area (Å²) < 4.78 is 2.16. The Labute approximate surface area is 151 Å². The van der Waals surface area contributed by atoms with E-state index in [1.54, 1.807) is 0 Å². The third kappa shape index (κ3) is 7.49. The smallest absolute Gasteiger partial charge is 0.191 e. The molecule has 0 unspecified atom stereocenters. The van der Waals surface area contributed by atoms with Crippen molar-refractivity contribution in [3.8, 4) is 0 Å². The zero-order chi connectivity index (χ0) is 14.8. The number of likely N-dealkylation sites (tertiary alicyclic amines) is 1. The quantitative estimate of drug-likeness (QED) is 0.422. The molecule has 1 aromatic heterocycles. The first-order valence-electron chi connectivity index (χ1n) is 8.16. The van der Waals surface area contributed by atoms with Gasteiger partial charge in [0.1, 0.15) is 0 Å². The SMILES string of the molecule is CN=C(NCCN1CCCCCC1)NCCn1cccc1.I. The van der Waals surface area contributed by atoms with Gasteiger partial charge in [-0.05, 0) is 38.1 Å². The molecule has 0 saturated carbocycles. The maximum absolute atomic E-state index is 4.27. The van der Waals surface area contributed by atoms with Gasteiger partial charge in [0.25, 0.3) is 0 Å². The normalized spacial score (nSPS) is 16.7. The van der Waals surface area contributed by atoms with Crippen molar-refractivity contribution in [2.75, 3.05) is 39.8 Å². The molecule has 0 bridgehead atoms. The van der Waals surface area contributed by atoms with Crippen molar-refractivity contribution in [1.82, 2.24) is 20.1 Å². The van der Waals surface area contributed by atoms with Gasteiger partial charge in [0.05, 0.1) is 0 Å². The Morgan fingerprint density at radius 3 is 2.14 bits per heavy atom. The van der Waals surface area contributed by atoms with Crippen LogP contribution in [0.3, 0.4) is 0 Å². The first-order chi connectivity index (χ1) is 10.4. The van der Waals surface area contributed by atoms with Crippen LogP contribution >= 0.6 is 24.0 Å². The molecule has 2 N–H and O–H groups in total. The van der Waals surface area contributed by atoms with E-state index in [4.69, 9.17) is 0 Å². The second-order valence-electron chi connectivity index (χ2n) is 5.60. The zero-order valence-corrected chi connectivity index (χ0v) is 16.0. The Morgan fingerprint density at radius 2 is 1.55 bits per heavy atom. The Morgan fingerprint density at radius 1 is 0.955 bits per heavy atom. The minimum atomic E-state index is 0. The summed E-state index contributed by atoms with van der Waals surface area (Å²) in [6, 6.07) is 4.10. The van der Waals surface area contributed by atoms with Crippen LogP contribution < -0.4 is 10.6 Å². The van der Waals surface area contributed by atoms with Crippen molar-refractivity contribution < 1.29 is 0 Å². The van der Waals surface area contributed by atoms with Crippen LogP contribution in [0.1, 0.15) is 25.7 Å². The minimum absolute atomic E-state index is 0. The third-order valence-electron chi connectivity index (χ3n) is 3.97. The van der Waals surface area contributed by atoms with Crippen LogP contribution in [0.25, 0.3) is 0 Å². The Hall–Kier alpha value is -0.760. The predicted molar refractivity (Wildman–Crippen MR) is 104 cm³/mol. The van der Waals surface area contributed by atoms with E-state index in [1.165, 1.54) is 38.8 Å². The van der Waals surface area contributed by atoms with Crippen LogP contribution in [-0.2, 0) is 6.54 Å². The van der Waals surface area contributed by atoms with Crippen LogP contribution in [0.15, 0.2) is 29.5 Å². The van der Waals surface area contributed by atoms with Crippen LogP contribution in [0.2, 0.25) is 0 Å². The molecule has 126 valence electrons. The monoisotopic (exact) mass is 419 g/mol. The molecular formula is C16H30IN5. The van der Waals surface area contributed by atoms with E-state index in [2.05, 4.69) is 37.5 Å². The molecule has 2 rings (SSSR count). The lowest BCUT2D eigenvalue weighted by Gasteiger charge is -2.20. The van der Waals surface area contributed by atoms with Crippen molar-refractivity contribution in [3.05, 3.63) is 24.5 Å².